The van der Waals surface area contributed by atoms with Gasteiger partial charge in [0.05, 0.1) is 29.1 Å². The van der Waals surface area contributed by atoms with Crippen molar-refractivity contribution in [1.82, 2.24) is 25.5 Å². The molecule has 0 unspecified atom stereocenters. The summed E-state index contributed by atoms with van der Waals surface area (Å²) in [5.74, 6) is -2.41. The highest BCUT2D eigenvalue weighted by atomic mass is 32.1. The predicted octanol–water partition coefficient (Wildman–Crippen LogP) is 2.35. The van der Waals surface area contributed by atoms with Gasteiger partial charge in [-0.1, -0.05) is 24.3 Å². The number of carboxylic acids is 1. The molecule has 13 heteroatoms. The Morgan fingerprint density at radius 2 is 2.00 bits per heavy atom. The number of amides is 3. The Hall–Kier alpha value is -4.52. The topological polar surface area (TPSA) is 160 Å². The van der Waals surface area contributed by atoms with Gasteiger partial charge in [0.15, 0.2) is 0 Å². The van der Waals surface area contributed by atoms with Gasteiger partial charge in [-0.2, -0.15) is 0 Å². The van der Waals surface area contributed by atoms with Gasteiger partial charge in [0, 0.05) is 18.8 Å². The number of carbonyl (C=O) groups is 4. The molecule has 1 aromatic carbocycles. The Balaban J connectivity index is 1.30. The number of aromatic nitrogens is 2. The molecule has 12 nitrogen and oxygen atoms in total. The van der Waals surface area contributed by atoms with E-state index >= 15 is 0 Å². The summed E-state index contributed by atoms with van der Waals surface area (Å²) < 4.78 is 11.2. The number of thiophene rings is 1. The maximum Gasteiger partial charge on any atom is 0.407 e. The van der Waals surface area contributed by atoms with Crippen LogP contribution < -0.4 is 15.4 Å². The molecule has 3 aromatic rings. The summed E-state index contributed by atoms with van der Waals surface area (Å²) in [5.41, 5.74) is 0.396. The number of nitrogens with zero attached hydrogens (tertiary/aromatic N) is 3. The first-order chi connectivity index (χ1) is 19.8. The average Bonchev–Trinajstić information content (AvgIpc) is 3.28. The number of carbonyl (C=O) groups excluding carboxylic acids is 3. The second-order valence-corrected chi connectivity index (χ2v) is 11.2. The third-order valence-electron chi connectivity index (χ3n) is 7.68. The molecule has 2 saturated heterocycles. The molecule has 0 spiro atoms. The van der Waals surface area contributed by atoms with Gasteiger partial charge in [-0.3, -0.25) is 9.59 Å². The Labute approximate surface area is 238 Å². The van der Waals surface area contributed by atoms with Crippen molar-refractivity contribution in [3.63, 3.8) is 0 Å². The molecule has 0 radical (unpaired) electrons. The molecule has 3 amide bonds. The van der Waals surface area contributed by atoms with Gasteiger partial charge in [-0.15, -0.1) is 17.9 Å². The van der Waals surface area contributed by atoms with Crippen LogP contribution in [0.15, 0.2) is 54.4 Å². The Kier molecular flexibility index (Phi) is 6.81. The number of para-hydroxylation sites is 2. The van der Waals surface area contributed by atoms with E-state index in [1.807, 2.05) is 41.8 Å². The highest BCUT2D eigenvalue weighted by Crippen LogP contribution is 2.45. The van der Waals surface area contributed by atoms with Crippen molar-refractivity contribution in [2.75, 3.05) is 13.2 Å². The Bertz CT molecular complexity index is 1550. The van der Waals surface area contributed by atoms with Gasteiger partial charge in [-0.25, -0.2) is 19.6 Å². The summed E-state index contributed by atoms with van der Waals surface area (Å²) in [7, 11) is 0. The molecule has 3 N–H and O–H groups in total. The number of cyclic esters (lactones) is 1. The van der Waals surface area contributed by atoms with Crippen LogP contribution in [0.4, 0.5) is 4.79 Å². The van der Waals surface area contributed by atoms with Crippen LogP contribution in [0.2, 0.25) is 0 Å². The number of aliphatic carboxylic acids is 1. The lowest BCUT2D eigenvalue weighted by molar-refractivity contribution is -0.145. The highest BCUT2D eigenvalue weighted by Gasteiger charge is 2.61. The lowest BCUT2D eigenvalue weighted by Crippen LogP contribution is -2.57. The van der Waals surface area contributed by atoms with E-state index in [0.717, 1.165) is 4.88 Å². The molecule has 2 aromatic heterocycles. The highest BCUT2D eigenvalue weighted by molar-refractivity contribution is 7.13. The second-order valence-electron chi connectivity index (χ2n) is 10.3. The molecule has 1 saturated carbocycles. The number of carboxylic acid groups (broad SMARTS) is 1. The minimum Gasteiger partial charge on any atom is -0.479 e. The van der Waals surface area contributed by atoms with E-state index in [-0.39, 0.29) is 38.3 Å². The maximum atomic E-state index is 13.6. The minimum absolute atomic E-state index is 0.0213. The van der Waals surface area contributed by atoms with Crippen LogP contribution in [0.25, 0.3) is 21.6 Å². The normalized spacial score (nSPS) is 27.0. The molecule has 41 heavy (non-hydrogen) atoms. The lowest BCUT2D eigenvalue weighted by Gasteiger charge is -2.30. The second kappa shape index (κ2) is 10.5. The molecule has 0 bridgehead atoms. The quantitative estimate of drug-likeness (QED) is 0.342. The van der Waals surface area contributed by atoms with Gasteiger partial charge < -0.3 is 30.1 Å². The fourth-order valence-corrected chi connectivity index (χ4v) is 6.11. The molecule has 3 fully saturated rings. The number of fused-ring (bicyclic) bond motifs is 1. The molecular weight excluding hydrogens is 550 g/mol. The monoisotopic (exact) mass is 577 g/mol. The van der Waals surface area contributed by atoms with E-state index in [2.05, 4.69) is 17.2 Å². The van der Waals surface area contributed by atoms with Crippen molar-refractivity contribution in [2.45, 2.75) is 43.0 Å². The zero-order valence-electron chi connectivity index (χ0n) is 21.8. The van der Waals surface area contributed by atoms with Crippen LogP contribution >= 0.6 is 11.3 Å². The lowest BCUT2D eigenvalue weighted by atomic mass is 10.1. The Morgan fingerprint density at radius 1 is 1.22 bits per heavy atom. The van der Waals surface area contributed by atoms with Gasteiger partial charge >= 0.3 is 12.1 Å². The van der Waals surface area contributed by atoms with Crippen LogP contribution in [0, 0.1) is 5.92 Å². The fraction of sp³-hybridized carbons (Fsp3) is 0.357. The van der Waals surface area contributed by atoms with Gasteiger partial charge in [0.25, 0.3) is 0 Å². The number of alkyl carbamates (subject to hydrolysis) is 1. The molecular formula is C28H27N5O7S. The maximum absolute atomic E-state index is 13.6. The van der Waals surface area contributed by atoms with Gasteiger partial charge in [-0.05, 0) is 30.0 Å². The summed E-state index contributed by atoms with van der Waals surface area (Å²) in [6.07, 6.45) is 0.657. The summed E-state index contributed by atoms with van der Waals surface area (Å²) in [6.45, 7) is 3.75. The van der Waals surface area contributed by atoms with E-state index in [1.165, 1.54) is 22.3 Å². The van der Waals surface area contributed by atoms with E-state index in [1.54, 1.807) is 0 Å². The first-order valence-electron chi connectivity index (χ1n) is 13.2. The first-order valence-corrected chi connectivity index (χ1v) is 14.1. The Morgan fingerprint density at radius 3 is 2.66 bits per heavy atom. The predicted molar refractivity (Wildman–Crippen MR) is 147 cm³/mol. The van der Waals surface area contributed by atoms with Crippen molar-refractivity contribution >= 4 is 46.2 Å². The molecule has 3 aliphatic rings. The summed E-state index contributed by atoms with van der Waals surface area (Å²) in [6, 6.07) is 9.27. The van der Waals surface area contributed by atoms with E-state index in [0.29, 0.717) is 16.7 Å². The zero-order chi connectivity index (χ0) is 28.7. The molecule has 5 atom stereocenters. The number of nitrogens with one attached hydrogen (secondary N) is 2. The van der Waals surface area contributed by atoms with Crippen molar-refractivity contribution < 1.29 is 33.8 Å². The van der Waals surface area contributed by atoms with Crippen molar-refractivity contribution in [1.29, 1.82) is 0 Å². The summed E-state index contributed by atoms with van der Waals surface area (Å²) >= 11 is 1.48. The van der Waals surface area contributed by atoms with Crippen LogP contribution in [0.1, 0.15) is 19.3 Å². The van der Waals surface area contributed by atoms with Crippen LogP contribution in [-0.4, -0.2) is 80.7 Å². The van der Waals surface area contributed by atoms with Crippen molar-refractivity contribution in [3.8, 4) is 16.5 Å². The number of hydrogen-bond donors (Lipinski definition) is 3. The first kappa shape index (κ1) is 26.7. The molecule has 212 valence electrons. The SMILES string of the molecule is C=C[C@@H]1C[C@]1(NC(=O)[C@@H]1C[C@@H](Oc2nc3ccccc3nc2-c2cccs2)CN1C(=O)[C@@H]1CCOC(=O)N1)C(=O)O. The number of rotatable bonds is 8. The molecule has 6 rings (SSSR count). The van der Waals surface area contributed by atoms with Crippen molar-refractivity contribution in [3.05, 3.63) is 54.4 Å². The average molecular weight is 578 g/mol. The largest absolute Gasteiger partial charge is 0.479 e. The number of hydrogen-bond acceptors (Lipinski definition) is 9. The number of ether oxygens (including phenoxy) is 2. The standard InChI is InChI=1S/C28H27N5O7S/c1-2-15-13-28(15,26(36)37)32-23(34)20-12-16(14-33(20)25(35)19-9-10-39-27(38)31-19)40-24-22(21-8-5-11-41-21)29-17-6-3-4-7-18(17)30-24/h2-8,11,15-16,19-20H,1,9-10,12-14H2,(H,31,38)(H,32,34)(H,36,37)/t15-,16-,19+,20+,28-/m1/s1. The smallest absolute Gasteiger partial charge is 0.407 e. The summed E-state index contributed by atoms with van der Waals surface area (Å²) in [4.78, 5) is 62.6. The fourth-order valence-electron chi connectivity index (χ4n) is 5.40. The van der Waals surface area contributed by atoms with Crippen LogP contribution in [-0.2, 0) is 19.1 Å². The van der Waals surface area contributed by atoms with Crippen molar-refractivity contribution in [2.24, 2.45) is 5.92 Å². The molecule has 4 heterocycles. The van der Waals surface area contributed by atoms with Gasteiger partial charge in [0.2, 0.25) is 17.7 Å². The van der Waals surface area contributed by atoms with E-state index in [4.69, 9.17) is 19.4 Å². The summed E-state index contributed by atoms with van der Waals surface area (Å²) in [5, 5.41) is 16.9. The van der Waals surface area contributed by atoms with E-state index in [9.17, 15) is 24.3 Å². The number of likely N-dealkylation sites (tertiary alicyclic amines) is 1. The number of benzene rings is 1. The third-order valence-corrected chi connectivity index (χ3v) is 8.55. The zero-order valence-corrected chi connectivity index (χ0v) is 22.6. The van der Waals surface area contributed by atoms with Crippen LogP contribution in [0.5, 0.6) is 5.88 Å². The van der Waals surface area contributed by atoms with Gasteiger partial charge in [0.1, 0.15) is 29.4 Å². The molecule has 2 aliphatic heterocycles. The van der Waals surface area contributed by atoms with Crippen LogP contribution in [0.3, 0.4) is 0 Å². The molecule has 1 aliphatic carbocycles. The third kappa shape index (κ3) is 4.97. The minimum atomic E-state index is -1.46. The van der Waals surface area contributed by atoms with E-state index < -0.39 is 53.5 Å².